The number of carboxylic acids is 1. The van der Waals surface area contributed by atoms with Gasteiger partial charge in [0.2, 0.25) is 0 Å². The van der Waals surface area contributed by atoms with Crippen molar-refractivity contribution >= 4 is 12.0 Å². The number of rotatable bonds is 3. The molecule has 4 heteroatoms. The van der Waals surface area contributed by atoms with Crippen LogP contribution in [0.15, 0.2) is 30.6 Å². The van der Waals surface area contributed by atoms with Gasteiger partial charge in [0, 0.05) is 17.5 Å². The van der Waals surface area contributed by atoms with E-state index < -0.39 is 5.97 Å². The van der Waals surface area contributed by atoms with E-state index in [0.717, 1.165) is 35.7 Å². The van der Waals surface area contributed by atoms with Gasteiger partial charge in [0.1, 0.15) is 0 Å². The Morgan fingerprint density at radius 2 is 2.14 bits per heavy atom. The third kappa shape index (κ3) is 2.75. The number of hydrogen-bond donors (Lipinski definition) is 1. The number of benzene rings is 1. The highest BCUT2D eigenvalue weighted by Crippen LogP contribution is 2.25. The summed E-state index contributed by atoms with van der Waals surface area (Å²) in [5.74, 6) is -0.930. The third-order valence-electron chi connectivity index (χ3n) is 3.93. The minimum absolute atomic E-state index is 0.896. The van der Waals surface area contributed by atoms with Crippen LogP contribution in [0.2, 0.25) is 0 Å². The molecule has 0 fully saturated rings. The first-order valence-electron chi connectivity index (χ1n) is 7.22. The Kier molecular flexibility index (Phi) is 3.60. The topological polar surface area (TPSA) is 55.1 Å². The number of hydrogen-bond acceptors (Lipinski definition) is 2. The summed E-state index contributed by atoms with van der Waals surface area (Å²) in [6.45, 7) is 2.04. The molecule has 4 nitrogen and oxygen atoms in total. The lowest BCUT2D eigenvalue weighted by molar-refractivity contribution is -0.131. The first kappa shape index (κ1) is 13.6. The first-order chi connectivity index (χ1) is 10.1. The van der Waals surface area contributed by atoms with E-state index in [1.54, 1.807) is 6.08 Å². The van der Waals surface area contributed by atoms with Crippen molar-refractivity contribution in [1.29, 1.82) is 0 Å². The molecule has 1 N–H and O–H groups in total. The summed E-state index contributed by atoms with van der Waals surface area (Å²) >= 11 is 0. The number of carboxylic acid groups (broad SMARTS) is 1. The lowest BCUT2D eigenvalue weighted by Crippen LogP contribution is -2.07. The van der Waals surface area contributed by atoms with Gasteiger partial charge in [-0.1, -0.05) is 6.07 Å². The number of carbonyl (C=O) groups is 1. The zero-order valence-corrected chi connectivity index (χ0v) is 12.0. The van der Waals surface area contributed by atoms with Gasteiger partial charge in [0.15, 0.2) is 0 Å². The van der Waals surface area contributed by atoms with Gasteiger partial charge in [0.05, 0.1) is 12.0 Å². The molecule has 0 unspecified atom stereocenters. The summed E-state index contributed by atoms with van der Waals surface area (Å²) in [6.07, 6.45) is 9.27. The van der Waals surface area contributed by atoms with Crippen LogP contribution in [0.5, 0.6) is 0 Å². The smallest absolute Gasteiger partial charge is 0.328 e. The fourth-order valence-electron chi connectivity index (χ4n) is 2.90. The maximum atomic E-state index is 10.6. The number of aryl methyl sites for hydroxylation is 2. The molecule has 0 spiro atoms. The Morgan fingerprint density at radius 3 is 2.90 bits per heavy atom. The van der Waals surface area contributed by atoms with Crippen LogP contribution in [-0.2, 0) is 17.6 Å². The van der Waals surface area contributed by atoms with E-state index in [-0.39, 0.29) is 0 Å². The monoisotopic (exact) mass is 282 g/mol. The van der Waals surface area contributed by atoms with Crippen LogP contribution in [0.4, 0.5) is 0 Å². The van der Waals surface area contributed by atoms with Crippen LogP contribution in [0.1, 0.15) is 35.4 Å². The molecule has 3 rings (SSSR count). The van der Waals surface area contributed by atoms with Crippen LogP contribution in [0, 0.1) is 6.92 Å². The van der Waals surface area contributed by atoms with Gasteiger partial charge in [-0.3, -0.25) is 0 Å². The second kappa shape index (κ2) is 5.56. The van der Waals surface area contributed by atoms with E-state index in [1.165, 1.54) is 24.2 Å². The van der Waals surface area contributed by atoms with Gasteiger partial charge in [-0.25, -0.2) is 9.78 Å². The van der Waals surface area contributed by atoms with E-state index in [2.05, 4.69) is 9.55 Å². The van der Waals surface area contributed by atoms with Crippen LogP contribution in [-0.4, -0.2) is 20.6 Å². The maximum Gasteiger partial charge on any atom is 0.328 e. The zero-order chi connectivity index (χ0) is 14.8. The Hall–Kier alpha value is -2.36. The molecule has 0 amide bonds. The minimum atomic E-state index is -0.930. The van der Waals surface area contributed by atoms with Crippen LogP contribution >= 0.6 is 0 Å². The summed E-state index contributed by atoms with van der Waals surface area (Å²) in [7, 11) is 0. The second-order valence-corrected chi connectivity index (χ2v) is 5.43. The highest BCUT2D eigenvalue weighted by atomic mass is 16.4. The molecule has 1 aliphatic rings. The molecule has 108 valence electrons. The largest absolute Gasteiger partial charge is 0.478 e. The molecule has 1 aliphatic carbocycles. The summed E-state index contributed by atoms with van der Waals surface area (Å²) in [4.78, 5) is 15.1. The molecular formula is C17H18N2O2. The summed E-state index contributed by atoms with van der Waals surface area (Å²) in [5, 5.41) is 8.68. The Balaban J connectivity index is 1.96. The fourth-order valence-corrected chi connectivity index (χ4v) is 2.90. The van der Waals surface area contributed by atoms with Crippen LogP contribution < -0.4 is 0 Å². The van der Waals surface area contributed by atoms with Crippen molar-refractivity contribution < 1.29 is 9.90 Å². The van der Waals surface area contributed by atoms with Gasteiger partial charge in [-0.2, -0.15) is 0 Å². The SMILES string of the molecule is Cc1cc(/C=C/C(=O)O)ccc1-n1cnc2c1CCCC2. The number of aromatic nitrogens is 2. The second-order valence-electron chi connectivity index (χ2n) is 5.43. The van der Waals surface area contributed by atoms with Crippen molar-refractivity contribution in [1.82, 2.24) is 9.55 Å². The van der Waals surface area contributed by atoms with Crippen molar-refractivity contribution in [3.05, 3.63) is 53.1 Å². The number of nitrogens with zero attached hydrogens (tertiary/aromatic N) is 2. The standard InChI is InChI=1S/C17H18N2O2/c1-12-10-13(7-9-17(20)21)6-8-15(12)19-11-18-14-4-2-3-5-16(14)19/h6-11H,2-5H2,1H3,(H,20,21)/b9-7+. The quantitative estimate of drug-likeness (QED) is 0.880. The van der Waals surface area contributed by atoms with E-state index in [1.807, 2.05) is 31.5 Å². The molecule has 0 saturated heterocycles. The number of imidazole rings is 1. The first-order valence-corrected chi connectivity index (χ1v) is 7.22. The van der Waals surface area contributed by atoms with Crippen molar-refractivity contribution in [3.8, 4) is 5.69 Å². The minimum Gasteiger partial charge on any atom is -0.478 e. The van der Waals surface area contributed by atoms with E-state index in [9.17, 15) is 4.79 Å². The van der Waals surface area contributed by atoms with Crippen LogP contribution in [0.3, 0.4) is 0 Å². The molecular weight excluding hydrogens is 264 g/mol. The van der Waals surface area contributed by atoms with Gasteiger partial charge < -0.3 is 9.67 Å². The molecule has 1 aromatic heterocycles. The third-order valence-corrected chi connectivity index (χ3v) is 3.93. The Bertz CT molecular complexity index is 714. The lowest BCUT2D eigenvalue weighted by Gasteiger charge is -2.15. The zero-order valence-electron chi connectivity index (χ0n) is 12.0. The normalized spacial score (nSPS) is 14.3. The highest BCUT2D eigenvalue weighted by Gasteiger charge is 2.16. The molecule has 1 heterocycles. The van der Waals surface area contributed by atoms with E-state index >= 15 is 0 Å². The molecule has 2 aromatic rings. The molecule has 0 atom stereocenters. The number of fused-ring (bicyclic) bond motifs is 1. The summed E-state index contributed by atoms with van der Waals surface area (Å²) < 4.78 is 2.18. The molecule has 21 heavy (non-hydrogen) atoms. The van der Waals surface area contributed by atoms with Crippen molar-refractivity contribution in [3.63, 3.8) is 0 Å². The van der Waals surface area contributed by atoms with Gasteiger partial charge in [-0.15, -0.1) is 0 Å². The Morgan fingerprint density at radius 1 is 1.33 bits per heavy atom. The average Bonchev–Trinajstić information content (AvgIpc) is 2.89. The van der Waals surface area contributed by atoms with Crippen molar-refractivity contribution in [2.75, 3.05) is 0 Å². The molecule has 1 aromatic carbocycles. The predicted molar refractivity (Wildman–Crippen MR) is 81.6 cm³/mol. The predicted octanol–water partition coefficient (Wildman–Crippen LogP) is 3.16. The lowest BCUT2D eigenvalue weighted by atomic mass is 10.0. The van der Waals surface area contributed by atoms with Gasteiger partial charge in [0.25, 0.3) is 0 Å². The van der Waals surface area contributed by atoms with Crippen LogP contribution in [0.25, 0.3) is 11.8 Å². The number of aliphatic carboxylic acids is 1. The van der Waals surface area contributed by atoms with E-state index in [4.69, 9.17) is 5.11 Å². The van der Waals surface area contributed by atoms with Gasteiger partial charge in [-0.05, 0) is 61.9 Å². The summed E-state index contributed by atoms with van der Waals surface area (Å²) in [6, 6.07) is 5.98. The highest BCUT2D eigenvalue weighted by molar-refractivity contribution is 5.85. The Labute approximate surface area is 123 Å². The fraction of sp³-hybridized carbons (Fsp3) is 0.294. The van der Waals surface area contributed by atoms with Crippen molar-refractivity contribution in [2.24, 2.45) is 0 Å². The van der Waals surface area contributed by atoms with E-state index in [0.29, 0.717) is 0 Å². The molecule has 0 saturated carbocycles. The summed E-state index contributed by atoms with van der Waals surface area (Å²) in [5.41, 5.74) is 5.67. The molecule has 0 aliphatic heterocycles. The maximum absolute atomic E-state index is 10.6. The molecule has 0 radical (unpaired) electrons. The van der Waals surface area contributed by atoms with Crippen molar-refractivity contribution in [2.45, 2.75) is 32.6 Å². The average molecular weight is 282 g/mol. The van der Waals surface area contributed by atoms with Gasteiger partial charge >= 0.3 is 5.97 Å². The molecule has 0 bridgehead atoms.